The maximum absolute atomic E-state index is 12.4. The van der Waals surface area contributed by atoms with E-state index < -0.39 is 28.9 Å². The third-order valence-corrected chi connectivity index (χ3v) is 4.23. The van der Waals surface area contributed by atoms with Gasteiger partial charge in [-0.25, -0.2) is 0 Å². The Bertz CT molecular complexity index is 635. The van der Waals surface area contributed by atoms with E-state index in [0.29, 0.717) is 0 Å². The maximum Gasteiger partial charge on any atom is 0.238 e. The highest BCUT2D eigenvalue weighted by molar-refractivity contribution is 6.44. The van der Waals surface area contributed by atoms with E-state index in [4.69, 9.17) is 34.8 Å². The van der Waals surface area contributed by atoms with Gasteiger partial charge < -0.3 is 5.32 Å². The summed E-state index contributed by atoms with van der Waals surface area (Å²) in [6, 6.07) is 2.59. The smallest absolute Gasteiger partial charge is 0.238 e. The topological polar surface area (TPSA) is 63.2 Å². The van der Waals surface area contributed by atoms with Gasteiger partial charge >= 0.3 is 0 Å². The molecule has 1 amide bonds. The van der Waals surface area contributed by atoms with Crippen LogP contribution in [0.1, 0.15) is 30.6 Å². The number of halogens is 3. The molecule has 1 aromatic rings. The zero-order chi connectivity index (χ0) is 15.9. The summed E-state index contributed by atoms with van der Waals surface area (Å²) in [6.45, 7) is 3.44. The molecule has 0 bridgehead atoms. The molecule has 0 spiro atoms. The number of rotatable bonds is 2. The Balaban J connectivity index is 2.39. The average molecular weight is 349 g/mol. The number of benzene rings is 1. The second-order valence-electron chi connectivity index (χ2n) is 5.56. The van der Waals surface area contributed by atoms with Crippen molar-refractivity contribution in [3.63, 3.8) is 0 Å². The van der Waals surface area contributed by atoms with E-state index in [1.165, 1.54) is 12.1 Å². The van der Waals surface area contributed by atoms with Crippen LogP contribution in [0.25, 0.3) is 0 Å². The van der Waals surface area contributed by atoms with Crippen LogP contribution in [0.15, 0.2) is 12.1 Å². The number of amides is 1. The second kappa shape index (κ2) is 5.59. The number of hydrogen-bond acceptors (Lipinski definition) is 3. The molecule has 1 saturated heterocycles. The zero-order valence-corrected chi connectivity index (χ0v) is 13.6. The van der Waals surface area contributed by atoms with Gasteiger partial charge in [0.2, 0.25) is 5.91 Å². The van der Waals surface area contributed by atoms with Crippen molar-refractivity contribution in [1.29, 1.82) is 0 Å². The van der Waals surface area contributed by atoms with E-state index >= 15 is 0 Å². The molecule has 1 fully saturated rings. The number of piperidine rings is 1. The van der Waals surface area contributed by atoms with Gasteiger partial charge in [0.05, 0.1) is 15.1 Å². The minimum absolute atomic E-state index is 0.0132. The predicted octanol–water partition coefficient (Wildman–Crippen LogP) is 3.31. The quantitative estimate of drug-likeness (QED) is 0.506. The largest absolute Gasteiger partial charge is 0.350 e. The summed E-state index contributed by atoms with van der Waals surface area (Å²) in [5.41, 5.74) is -0.647. The van der Waals surface area contributed by atoms with Crippen LogP contribution < -0.4 is 5.32 Å². The van der Waals surface area contributed by atoms with E-state index in [9.17, 15) is 14.4 Å². The molecule has 0 radical (unpaired) electrons. The fourth-order valence-corrected chi connectivity index (χ4v) is 2.91. The van der Waals surface area contributed by atoms with Gasteiger partial charge in [0.1, 0.15) is 0 Å². The first-order valence-electron chi connectivity index (χ1n) is 6.16. The van der Waals surface area contributed by atoms with Crippen LogP contribution in [-0.2, 0) is 9.59 Å². The molecule has 112 valence electrons. The third-order valence-electron chi connectivity index (χ3n) is 3.20. The lowest BCUT2D eigenvalue weighted by Crippen LogP contribution is -2.56. The van der Waals surface area contributed by atoms with Gasteiger partial charge in [-0.1, -0.05) is 34.8 Å². The molecular weight excluding hydrogens is 337 g/mol. The standard InChI is InChI=1S/C14H12Cl3NO3/c1-14(2)5-10(19)11(13(21)18-14)12(20)6-3-8(16)9(17)4-7(6)15/h3-4,11H,5H2,1-2H3,(H,18,21). The van der Waals surface area contributed by atoms with Crippen LogP contribution in [0.5, 0.6) is 0 Å². The molecule has 1 aromatic carbocycles. The SMILES string of the molecule is CC1(C)CC(=O)C(C(=O)c2cc(Cl)c(Cl)cc2Cl)C(=O)N1. The number of Topliss-reactive ketones (excluding diaryl/α,β-unsaturated/α-hetero) is 2. The van der Waals surface area contributed by atoms with Crippen molar-refractivity contribution < 1.29 is 14.4 Å². The second-order valence-corrected chi connectivity index (χ2v) is 6.78. The van der Waals surface area contributed by atoms with Gasteiger partial charge in [0, 0.05) is 17.5 Å². The molecule has 1 heterocycles. The summed E-state index contributed by atoms with van der Waals surface area (Å²) in [6.07, 6.45) is 0.0775. The molecule has 0 aromatic heterocycles. The molecule has 2 rings (SSSR count). The number of carbonyl (C=O) groups excluding carboxylic acids is 3. The van der Waals surface area contributed by atoms with Crippen LogP contribution in [0.2, 0.25) is 15.1 Å². The Morgan fingerprint density at radius 2 is 1.71 bits per heavy atom. The maximum atomic E-state index is 12.4. The highest BCUT2D eigenvalue weighted by atomic mass is 35.5. The Morgan fingerprint density at radius 3 is 2.29 bits per heavy atom. The first-order chi connectivity index (χ1) is 9.62. The first kappa shape index (κ1) is 16.3. The molecule has 21 heavy (non-hydrogen) atoms. The van der Waals surface area contributed by atoms with Crippen molar-refractivity contribution >= 4 is 52.3 Å². The molecule has 1 unspecified atom stereocenters. The lowest BCUT2D eigenvalue weighted by Gasteiger charge is -2.33. The van der Waals surface area contributed by atoms with Crippen molar-refractivity contribution in [2.24, 2.45) is 5.92 Å². The first-order valence-corrected chi connectivity index (χ1v) is 7.29. The van der Waals surface area contributed by atoms with Crippen LogP contribution in [-0.4, -0.2) is 23.0 Å². The summed E-state index contributed by atoms with van der Waals surface area (Å²) in [5, 5.41) is 3.03. The molecule has 0 saturated carbocycles. The van der Waals surface area contributed by atoms with Gasteiger partial charge in [-0.15, -0.1) is 0 Å². The van der Waals surface area contributed by atoms with Crippen molar-refractivity contribution in [3.05, 3.63) is 32.8 Å². The third kappa shape index (κ3) is 3.23. The fourth-order valence-electron chi connectivity index (χ4n) is 2.27. The van der Waals surface area contributed by atoms with E-state index in [0.717, 1.165) is 0 Å². The van der Waals surface area contributed by atoms with Crippen molar-refractivity contribution in [2.45, 2.75) is 25.8 Å². The Labute approximate surface area is 136 Å². The van der Waals surface area contributed by atoms with Crippen LogP contribution >= 0.6 is 34.8 Å². The summed E-state index contributed by atoms with van der Waals surface area (Å²) in [4.78, 5) is 36.6. The van der Waals surface area contributed by atoms with Crippen molar-refractivity contribution in [3.8, 4) is 0 Å². The van der Waals surface area contributed by atoms with Gasteiger partial charge in [0.25, 0.3) is 0 Å². The van der Waals surface area contributed by atoms with Crippen LogP contribution in [0.4, 0.5) is 0 Å². The van der Waals surface area contributed by atoms with E-state index in [1.54, 1.807) is 13.8 Å². The number of ketones is 2. The summed E-state index contributed by atoms with van der Waals surface area (Å²) in [5.74, 6) is -3.12. The average Bonchev–Trinajstić information content (AvgIpc) is 2.30. The molecule has 7 heteroatoms. The summed E-state index contributed by atoms with van der Waals surface area (Å²) in [7, 11) is 0. The lowest BCUT2D eigenvalue weighted by molar-refractivity contribution is -0.137. The highest BCUT2D eigenvalue weighted by Crippen LogP contribution is 2.32. The number of nitrogens with one attached hydrogen (secondary N) is 1. The Hall–Kier alpha value is -1.10. The van der Waals surface area contributed by atoms with Gasteiger partial charge in [-0.3, -0.25) is 14.4 Å². The minimum atomic E-state index is -1.40. The van der Waals surface area contributed by atoms with Crippen molar-refractivity contribution in [2.75, 3.05) is 0 Å². The minimum Gasteiger partial charge on any atom is -0.350 e. The van der Waals surface area contributed by atoms with Gasteiger partial charge in [-0.05, 0) is 26.0 Å². The lowest BCUT2D eigenvalue weighted by atomic mass is 9.81. The van der Waals surface area contributed by atoms with E-state index in [-0.39, 0.29) is 27.1 Å². The molecule has 1 aliphatic rings. The van der Waals surface area contributed by atoms with Crippen LogP contribution in [0, 0.1) is 5.92 Å². The van der Waals surface area contributed by atoms with Gasteiger partial charge in [0.15, 0.2) is 17.5 Å². The zero-order valence-electron chi connectivity index (χ0n) is 11.3. The Morgan fingerprint density at radius 1 is 1.14 bits per heavy atom. The summed E-state index contributed by atoms with van der Waals surface area (Å²) < 4.78 is 0. The fraction of sp³-hybridized carbons (Fsp3) is 0.357. The number of carbonyl (C=O) groups is 3. The molecule has 0 aliphatic carbocycles. The molecule has 1 atom stereocenters. The Kier molecular flexibility index (Phi) is 4.34. The summed E-state index contributed by atoms with van der Waals surface area (Å²) >= 11 is 17.6. The molecular formula is C14H12Cl3NO3. The molecule has 1 aliphatic heterocycles. The monoisotopic (exact) mass is 347 g/mol. The molecule has 1 N–H and O–H groups in total. The highest BCUT2D eigenvalue weighted by Gasteiger charge is 2.43. The predicted molar refractivity (Wildman–Crippen MR) is 81.1 cm³/mol. The normalized spacial score (nSPS) is 21.1. The van der Waals surface area contributed by atoms with Gasteiger partial charge in [-0.2, -0.15) is 0 Å². The van der Waals surface area contributed by atoms with Crippen LogP contribution in [0.3, 0.4) is 0 Å². The van der Waals surface area contributed by atoms with E-state index in [2.05, 4.69) is 5.32 Å². The number of hydrogen-bond donors (Lipinski definition) is 1. The van der Waals surface area contributed by atoms with Crippen molar-refractivity contribution in [1.82, 2.24) is 5.32 Å². The molecule has 4 nitrogen and oxygen atoms in total. The van der Waals surface area contributed by atoms with E-state index in [1.807, 2.05) is 0 Å².